The number of rotatable bonds is 15. The van der Waals surface area contributed by atoms with Crippen molar-refractivity contribution in [2.75, 3.05) is 26.2 Å². The molecule has 1 aliphatic heterocycles. The predicted octanol–water partition coefficient (Wildman–Crippen LogP) is 7.31. The molecule has 0 amide bonds. The molecular formula is C42H49ClN4O5. The topological polar surface area (TPSA) is 120 Å². The number of pyridine rings is 1. The summed E-state index contributed by atoms with van der Waals surface area (Å²) in [5.41, 5.74) is 7.95. The van der Waals surface area contributed by atoms with Crippen LogP contribution in [0.25, 0.3) is 11.1 Å². The van der Waals surface area contributed by atoms with Crippen molar-refractivity contribution >= 4 is 11.6 Å². The standard InChI is InChI=1S/C42H49ClN4O5/c1-27-34(7-5-10-39(27)50-18-6-15-47-16-13-33(49)14-17-47)35-8-4-9-37-36(35)11-12-40(37)52-42-21-41(51-26-31-19-30(22-44)23-45-24-31)32(20-38(42)43)25-46-28(2)29(3)48/h4-5,7-10,19-21,23-24,28-29,33,40,46,48-49H,6,11-18,25-26H2,1-3H3/t28-,29-,40+/m1/s1. The lowest BCUT2D eigenvalue weighted by atomic mass is 9.93. The summed E-state index contributed by atoms with van der Waals surface area (Å²) in [6.07, 6.45) is 6.66. The quantitative estimate of drug-likeness (QED) is 0.108. The third kappa shape index (κ3) is 9.24. The number of halogens is 1. The summed E-state index contributed by atoms with van der Waals surface area (Å²) >= 11 is 6.88. The number of nitriles is 1. The van der Waals surface area contributed by atoms with Crippen molar-refractivity contribution in [1.82, 2.24) is 15.2 Å². The van der Waals surface area contributed by atoms with Crippen molar-refractivity contribution in [2.24, 2.45) is 0 Å². The van der Waals surface area contributed by atoms with Gasteiger partial charge in [0.1, 0.15) is 36.0 Å². The third-order valence-electron chi connectivity index (χ3n) is 10.3. The SMILES string of the molecule is Cc1c(OCCCN2CCC(O)CC2)cccc1-c1cccc2c1CC[C@@H]2Oc1cc(OCc2cncc(C#N)c2)c(CN[C@H](C)[C@@H](C)O)cc1Cl. The molecule has 0 spiro atoms. The molecule has 9 nitrogen and oxygen atoms in total. The molecule has 4 aromatic rings. The molecule has 1 saturated heterocycles. The second-order valence-corrected chi connectivity index (χ2v) is 14.4. The monoisotopic (exact) mass is 724 g/mol. The van der Waals surface area contributed by atoms with Crippen LogP contribution in [0.5, 0.6) is 17.2 Å². The Morgan fingerprint density at radius 3 is 2.58 bits per heavy atom. The van der Waals surface area contributed by atoms with Crippen LogP contribution in [0, 0.1) is 18.3 Å². The molecule has 2 aliphatic rings. The molecule has 3 aromatic carbocycles. The highest BCUT2D eigenvalue weighted by molar-refractivity contribution is 6.32. The summed E-state index contributed by atoms with van der Waals surface area (Å²) in [6, 6.07) is 20.1. The molecule has 1 aliphatic carbocycles. The molecular weight excluding hydrogens is 676 g/mol. The Labute approximate surface area is 312 Å². The molecule has 2 heterocycles. The Balaban J connectivity index is 1.18. The summed E-state index contributed by atoms with van der Waals surface area (Å²) < 4.78 is 19.3. The maximum Gasteiger partial charge on any atom is 0.142 e. The Morgan fingerprint density at radius 2 is 1.79 bits per heavy atom. The highest BCUT2D eigenvalue weighted by Crippen LogP contribution is 2.44. The van der Waals surface area contributed by atoms with Gasteiger partial charge >= 0.3 is 0 Å². The summed E-state index contributed by atoms with van der Waals surface area (Å²) in [5.74, 6) is 2.03. The lowest BCUT2D eigenvalue weighted by Crippen LogP contribution is -2.36. The van der Waals surface area contributed by atoms with Crippen LogP contribution in [0.3, 0.4) is 0 Å². The molecule has 1 aromatic heterocycles. The van der Waals surface area contributed by atoms with Crippen LogP contribution in [0.4, 0.5) is 0 Å². The smallest absolute Gasteiger partial charge is 0.142 e. The second-order valence-electron chi connectivity index (χ2n) is 14.0. The Bertz CT molecular complexity index is 1870. The van der Waals surface area contributed by atoms with E-state index < -0.39 is 6.10 Å². The number of fused-ring (bicyclic) bond motifs is 1. The summed E-state index contributed by atoms with van der Waals surface area (Å²) in [6.45, 7) is 9.97. The van der Waals surface area contributed by atoms with Gasteiger partial charge in [-0.3, -0.25) is 4.98 Å². The molecule has 3 N–H and O–H groups in total. The number of hydrogen-bond acceptors (Lipinski definition) is 9. The Hall–Kier alpha value is -4.17. The lowest BCUT2D eigenvalue weighted by Gasteiger charge is -2.29. The Morgan fingerprint density at radius 1 is 1.00 bits per heavy atom. The minimum atomic E-state index is -0.528. The zero-order valence-corrected chi connectivity index (χ0v) is 31.0. The number of aliphatic hydroxyl groups is 2. The number of aromatic nitrogens is 1. The van der Waals surface area contributed by atoms with Gasteiger partial charge in [0.2, 0.25) is 0 Å². The molecule has 6 rings (SSSR count). The molecule has 0 radical (unpaired) electrons. The molecule has 3 atom stereocenters. The zero-order valence-electron chi connectivity index (χ0n) is 30.3. The van der Waals surface area contributed by atoms with E-state index in [9.17, 15) is 15.5 Å². The van der Waals surface area contributed by atoms with Gasteiger partial charge in [-0.25, -0.2) is 0 Å². The van der Waals surface area contributed by atoms with Crippen LogP contribution in [0.1, 0.15) is 79.0 Å². The minimum absolute atomic E-state index is 0.139. The number of piperidine rings is 1. The maximum atomic E-state index is 10.0. The number of aliphatic hydroxyl groups excluding tert-OH is 2. The second kappa shape index (κ2) is 17.6. The van der Waals surface area contributed by atoms with Crippen molar-refractivity contribution in [3.63, 3.8) is 0 Å². The Kier molecular flexibility index (Phi) is 12.7. The van der Waals surface area contributed by atoms with E-state index in [4.69, 9.17) is 25.8 Å². The number of nitrogens with zero attached hydrogens (tertiary/aromatic N) is 3. The van der Waals surface area contributed by atoms with Crippen molar-refractivity contribution in [1.29, 1.82) is 5.26 Å². The predicted molar refractivity (Wildman–Crippen MR) is 203 cm³/mol. The number of ether oxygens (including phenoxy) is 3. The van der Waals surface area contributed by atoms with Crippen LogP contribution in [-0.4, -0.2) is 64.6 Å². The van der Waals surface area contributed by atoms with Gasteiger partial charge in [-0.1, -0.05) is 41.9 Å². The van der Waals surface area contributed by atoms with Gasteiger partial charge in [0.05, 0.1) is 29.4 Å². The number of hydrogen-bond donors (Lipinski definition) is 3. The minimum Gasteiger partial charge on any atom is -0.493 e. The maximum absolute atomic E-state index is 10.0. The van der Waals surface area contributed by atoms with Crippen molar-refractivity contribution < 1.29 is 24.4 Å². The zero-order chi connectivity index (χ0) is 36.6. The molecule has 52 heavy (non-hydrogen) atoms. The fourth-order valence-corrected chi connectivity index (χ4v) is 7.22. The van der Waals surface area contributed by atoms with E-state index >= 15 is 0 Å². The van der Waals surface area contributed by atoms with Gasteiger partial charge in [-0.2, -0.15) is 5.26 Å². The van der Waals surface area contributed by atoms with E-state index in [1.807, 2.05) is 25.1 Å². The van der Waals surface area contributed by atoms with Crippen LogP contribution in [0.2, 0.25) is 5.02 Å². The first-order chi connectivity index (χ1) is 25.2. The van der Waals surface area contributed by atoms with Crippen LogP contribution >= 0.6 is 11.6 Å². The van der Waals surface area contributed by atoms with E-state index in [0.717, 1.165) is 85.3 Å². The van der Waals surface area contributed by atoms with Crippen LogP contribution in [0.15, 0.2) is 67.0 Å². The van der Waals surface area contributed by atoms with Crippen LogP contribution in [-0.2, 0) is 19.6 Å². The average Bonchev–Trinajstić information content (AvgIpc) is 3.57. The van der Waals surface area contributed by atoms with Gasteiger partial charge in [-0.05, 0) is 98.9 Å². The van der Waals surface area contributed by atoms with Gasteiger partial charge < -0.3 is 34.6 Å². The first-order valence-electron chi connectivity index (χ1n) is 18.3. The van der Waals surface area contributed by atoms with Crippen molar-refractivity contribution in [3.8, 4) is 34.4 Å². The molecule has 0 saturated carbocycles. The molecule has 274 valence electrons. The molecule has 1 fully saturated rings. The number of benzene rings is 3. The van der Waals surface area contributed by atoms with Gasteiger partial charge in [0.15, 0.2) is 0 Å². The van der Waals surface area contributed by atoms with E-state index in [2.05, 4.69) is 58.5 Å². The van der Waals surface area contributed by atoms with Gasteiger partial charge in [0, 0.05) is 61.8 Å². The normalized spacial score (nSPS) is 17.3. The molecule has 0 unspecified atom stereocenters. The van der Waals surface area contributed by atoms with E-state index in [1.54, 1.807) is 19.2 Å². The van der Waals surface area contributed by atoms with Crippen molar-refractivity contribution in [2.45, 2.75) is 90.4 Å². The highest BCUT2D eigenvalue weighted by atomic mass is 35.5. The number of nitrogens with one attached hydrogen (secondary N) is 1. The summed E-state index contributed by atoms with van der Waals surface area (Å²) in [7, 11) is 0. The lowest BCUT2D eigenvalue weighted by molar-refractivity contribution is 0.0800. The fraction of sp³-hybridized carbons (Fsp3) is 0.429. The van der Waals surface area contributed by atoms with Crippen molar-refractivity contribution in [3.05, 3.63) is 105 Å². The van der Waals surface area contributed by atoms with Crippen LogP contribution < -0.4 is 19.5 Å². The third-order valence-corrected chi connectivity index (χ3v) is 10.6. The fourth-order valence-electron chi connectivity index (χ4n) is 6.99. The van der Waals surface area contributed by atoms with E-state index in [0.29, 0.717) is 35.2 Å². The first kappa shape index (κ1) is 37.6. The summed E-state index contributed by atoms with van der Waals surface area (Å²) in [5, 5.41) is 33.0. The van der Waals surface area contributed by atoms with Gasteiger partial charge in [-0.15, -0.1) is 0 Å². The molecule has 10 heteroatoms. The number of likely N-dealkylation sites (tertiary alicyclic amines) is 1. The van der Waals surface area contributed by atoms with Gasteiger partial charge in [0.25, 0.3) is 0 Å². The van der Waals surface area contributed by atoms with E-state index in [-0.39, 0.29) is 24.9 Å². The first-order valence-corrected chi connectivity index (χ1v) is 18.7. The summed E-state index contributed by atoms with van der Waals surface area (Å²) in [4.78, 5) is 6.57. The largest absolute Gasteiger partial charge is 0.493 e. The molecule has 0 bridgehead atoms. The van der Waals surface area contributed by atoms with E-state index in [1.165, 1.54) is 17.3 Å². The average molecular weight is 725 g/mol. The highest BCUT2D eigenvalue weighted by Gasteiger charge is 2.28.